The molecule has 0 radical (unpaired) electrons. The summed E-state index contributed by atoms with van der Waals surface area (Å²) in [6.07, 6.45) is 1.89. The smallest absolute Gasteiger partial charge is 0.282 e. The maximum atomic E-state index is 12.5. The summed E-state index contributed by atoms with van der Waals surface area (Å²) < 4.78 is 1.95. The highest BCUT2D eigenvalue weighted by molar-refractivity contribution is 6.23. The van der Waals surface area contributed by atoms with Crippen LogP contribution >= 0.6 is 0 Å². The van der Waals surface area contributed by atoms with Gasteiger partial charge in [0.15, 0.2) is 0 Å². The van der Waals surface area contributed by atoms with E-state index in [1.165, 1.54) is 18.2 Å². The van der Waals surface area contributed by atoms with Crippen molar-refractivity contribution in [1.82, 2.24) is 9.47 Å². The van der Waals surface area contributed by atoms with Crippen LogP contribution in [0.5, 0.6) is 0 Å². The fourth-order valence-corrected chi connectivity index (χ4v) is 3.21. The maximum Gasteiger partial charge on any atom is 0.282 e. The van der Waals surface area contributed by atoms with Crippen molar-refractivity contribution in [3.63, 3.8) is 0 Å². The summed E-state index contributed by atoms with van der Waals surface area (Å²) in [5.41, 5.74) is 0.654. The molecule has 0 aliphatic carbocycles. The van der Waals surface area contributed by atoms with Crippen molar-refractivity contribution in [2.75, 3.05) is 6.54 Å². The van der Waals surface area contributed by atoms with Gasteiger partial charge in [-0.05, 0) is 23.6 Å². The number of nitro benzene ring substituents is 1. The molecule has 0 bridgehead atoms. The van der Waals surface area contributed by atoms with Crippen LogP contribution in [0.4, 0.5) is 5.69 Å². The summed E-state index contributed by atoms with van der Waals surface area (Å²) >= 11 is 0. The number of aromatic nitrogens is 1. The van der Waals surface area contributed by atoms with Gasteiger partial charge in [0.05, 0.1) is 10.5 Å². The molecule has 1 aliphatic rings. The quantitative estimate of drug-likeness (QED) is 0.417. The Morgan fingerprint density at radius 2 is 1.72 bits per heavy atom. The lowest BCUT2D eigenvalue weighted by molar-refractivity contribution is -0.385. The number of nitro groups is 1. The van der Waals surface area contributed by atoms with E-state index in [4.69, 9.17) is 0 Å². The first-order valence-electron chi connectivity index (χ1n) is 7.75. The first-order chi connectivity index (χ1) is 12.1. The summed E-state index contributed by atoms with van der Waals surface area (Å²) in [5, 5.41) is 12.2. The standard InChI is InChI=1S/C18H13N3O4/c22-17-13-5-3-7-15(21(24)25)16(13)18(23)20(17)11-10-19-9-8-12-4-1-2-6-14(12)19/h1-9H,10-11H2. The van der Waals surface area contributed by atoms with Crippen LogP contribution in [0.2, 0.25) is 0 Å². The predicted molar refractivity (Wildman–Crippen MR) is 90.4 cm³/mol. The highest BCUT2D eigenvalue weighted by Crippen LogP contribution is 2.30. The molecule has 0 saturated heterocycles. The third kappa shape index (κ3) is 2.28. The average Bonchev–Trinajstić information content (AvgIpc) is 3.13. The van der Waals surface area contributed by atoms with Crippen LogP contribution in [-0.4, -0.2) is 32.7 Å². The largest absolute Gasteiger partial charge is 0.346 e. The number of carbonyl (C=O) groups excluding carboxylic acids is 2. The number of rotatable bonds is 4. The SMILES string of the molecule is O=C1c2cccc([N+](=O)[O-])c2C(=O)N1CCn1ccc2ccccc21. The van der Waals surface area contributed by atoms with Crippen molar-refractivity contribution in [2.24, 2.45) is 0 Å². The third-order valence-electron chi connectivity index (χ3n) is 4.42. The Hall–Kier alpha value is -3.48. The minimum atomic E-state index is -0.632. The predicted octanol–water partition coefficient (Wildman–Crippen LogP) is 2.85. The van der Waals surface area contributed by atoms with Crippen molar-refractivity contribution in [3.05, 3.63) is 76.0 Å². The third-order valence-corrected chi connectivity index (χ3v) is 4.42. The van der Waals surface area contributed by atoms with Gasteiger partial charge in [-0.15, -0.1) is 0 Å². The fourth-order valence-electron chi connectivity index (χ4n) is 3.21. The maximum absolute atomic E-state index is 12.5. The minimum absolute atomic E-state index is 0.0940. The highest BCUT2D eigenvalue weighted by atomic mass is 16.6. The van der Waals surface area contributed by atoms with Crippen LogP contribution in [-0.2, 0) is 6.54 Å². The zero-order chi connectivity index (χ0) is 17.6. The summed E-state index contributed by atoms with van der Waals surface area (Å²) in [6, 6.07) is 13.9. The summed E-state index contributed by atoms with van der Waals surface area (Å²) in [7, 11) is 0. The zero-order valence-corrected chi connectivity index (χ0v) is 13.1. The van der Waals surface area contributed by atoms with E-state index in [0.29, 0.717) is 6.54 Å². The Morgan fingerprint density at radius 1 is 0.920 bits per heavy atom. The van der Waals surface area contributed by atoms with E-state index in [1.807, 2.05) is 41.1 Å². The Bertz CT molecular complexity index is 1040. The van der Waals surface area contributed by atoms with Gasteiger partial charge in [-0.1, -0.05) is 24.3 Å². The van der Waals surface area contributed by atoms with Gasteiger partial charge in [-0.2, -0.15) is 0 Å². The van der Waals surface area contributed by atoms with Gasteiger partial charge >= 0.3 is 0 Å². The Balaban J connectivity index is 1.62. The van der Waals surface area contributed by atoms with E-state index in [-0.39, 0.29) is 23.4 Å². The molecule has 0 spiro atoms. The fraction of sp³-hybridized carbons (Fsp3) is 0.111. The molecule has 7 nitrogen and oxygen atoms in total. The highest BCUT2D eigenvalue weighted by Gasteiger charge is 2.40. The zero-order valence-electron chi connectivity index (χ0n) is 13.1. The normalized spacial score (nSPS) is 13.5. The Labute approximate surface area is 142 Å². The van der Waals surface area contributed by atoms with E-state index in [0.717, 1.165) is 15.8 Å². The number of nitrogens with zero attached hydrogens (tertiary/aromatic N) is 3. The number of imide groups is 1. The van der Waals surface area contributed by atoms with Gasteiger partial charge in [0.25, 0.3) is 17.5 Å². The minimum Gasteiger partial charge on any atom is -0.346 e. The molecule has 2 amide bonds. The number of carbonyl (C=O) groups is 2. The number of benzene rings is 2. The van der Waals surface area contributed by atoms with Gasteiger partial charge in [0, 0.05) is 30.9 Å². The molecule has 1 aliphatic heterocycles. The molecule has 2 heterocycles. The first-order valence-corrected chi connectivity index (χ1v) is 7.75. The number of hydrogen-bond acceptors (Lipinski definition) is 4. The van der Waals surface area contributed by atoms with Crippen molar-refractivity contribution >= 4 is 28.4 Å². The van der Waals surface area contributed by atoms with Gasteiger partial charge in [-0.3, -0.25) is 24.6 Å². The molecule has 4 rings (SSSR count). The molecule has 0 fully saturated rings. The molecule has 0 atom stereocenters. The van der Waals surface area contributed by atoms with Crippen molar-refractivity contribution in [3.8, 4) is 0 Å². The Kier molecular flexibility index (Phi) is 3.35. The second kappa shape index (κ2) is 5.55. The van der Waals surface area contributed by atoms with Crippen LogP contribution in [0, 0.1) is 10.1 Å². The second-order valence-electron chi connectivity index (χ2n) is 5.79. The topological polar surface area (TPSA) is 85.4 Å². The van der Waals surface area contributed by atoms with E-state index in [2.05, 4.69) is 0 Å². The van der Waals surface area contributed by atoms with E-state index in [9.17, 15) is 19.7 Å². The molecule has 124 valence electrons. The van der Waals surface area contributed by atoms with E-state index in [1.54, 1.807) is 0 Å². The molecule has 0 saturated carbocycles. The molecule has 0 unspecified atom stereocenters. The van der Waals surface area contributed by atoms with Gasteiger partial charge in [-0.25, -0.2) is 0 Å². The second-order valence-corrected chi connectivity index (χ2v) is 5.79. The van der Waals surface area contributed by atoms with Crippen molar-refractivity contribution in [1.29, 1.82) is 0 Å². The van der Waals surface area contributed by atoms with Crippen LogP contribution in [0.3, 0.4) is 0 Å². The number of fused-ring (bicyclic) bond motifs is 2. The first kappa shape index (κ1) is 15.1. The number of hydrogen-bond donors (Lipinski definition) is 0. The Morgan fingerprint density at radius 3 is 2.52 bits per heavy atom. The van der Waals surface area contributed by atoms with Crippen LogP contribution < -0.4 is 0 Å². The van der Waals surface area contributed by atoms with Gasteiger partial charge in [0.1, 0.15) is 5.56 Å². The molecule has 2 aromatic carbocycles. The lowest BCUT2D eigenvalue weighted by Gasteiger charge is -2.14. The summed E-state index contributed by atoms with van der Waals surface area (Å²) in [4.78, 5) is 36.6. The molecule has 7 heteroatoms. The molecular formula is C18H13N3O4. The number of amides is 2. The molecule has 25 heavy (non-hydrogen) atoms. The summed E-state index contributed by atoms with van der Waals surface area (Å²) in [5.74, 6) is -1.09. The van der Waals surface area contributed by atoms with Crippen LogP contribution in [0.25, 0.3) is 10.9 Å². The molecular weight excluding hydrogens is 322 g/mol. The monoisotopic (exact) mass is 335 g/mol. The van der Waals surface area contributed by atoms with Gasteiger partial charge < -0.3 is 4.57 Å². The van der Waals surface area contributed by atoms with E-state index >= 15 is 0 Å². The summed E-state index contributed by atoms with van der Waals surface area (Å²) in [6.45, 7) is 0.578. The van der Waals surface area contributed by atoms with Gasteiger partial charge in [0.2, 0.25) is 0 Å². The molecule has 3 aromatic rings. The number of para-hydroxylation sites is 1. The molecule has 1 aromatic heterocycles. The van der Waals surface area contributed by atoms with Crippen molar-refractivity contribution in [2.45, 2.75) is 6.54 Å². The molecule has 0 N–H and O–H groups in total. The lowest BCUT2D eigenvalue weighted by atomic mass is 10.1. The average molecular weight is 335 g/mol. The van der Waals surface area contributed by atoms with Crippen LogP contribution in [0.15, 0.2) is 54.7 Å². The lowest BCUT2D eigenvalue weighted by Crippen LogP contribution is -2.32. The van der Waals surface area contributed by atoms with Crippen LogP contribution in [0.1, 0.15) is 20.7 Å². The van der Waals surface area contributed by atoms with Crippen molar-refractivity contribution < 1.29 is 14.5 Å². The van der Waals surface area contributed by atoms with E-state index < -0.39 is 16.7 Å².